The lowest BCUT2D eigenvalue weighted by molar-refractivity contribution is 1.09. The first-order chi connectivity index (χ1) is 14.6. The highest BCUT2D eigenvalue weighted by atomic mass is 13.8. The molecule has 0 fully saturated rings. The number of hydrogen-bond acceptors (Lipinski definition) is 0. The molecule has 0 aliphatic rings. The van der Waals surface area contributed by atoms with E-state index in [1.165, 1.54) is 24.0 Å². The molecule has 0 aliphatic heterocycles. The number of aryl methyl sites for hydroxylation is 2. The summed E-state index contributed by atoms with van der Waals surface area (Å²) in [6.07, 6.45) is 2.50. The Bertz CT molecular complexity index is 322. The lowest BCUT2D eigenvalue weighted by atomic mass is 10.2. The van der Waals surface area contributed by atoms with Crippen molar-refractivity contribution in [3.63, 3.8) is 0 Å². The molecule has 0 heterocycles. The fourth-order valence-corrected chi connectivity index (χ4v) is 1.07. The van der Waals surface area contributed by atoms with Gasteiger partial charge in [-0.25, -0.2) is 0 Å². The smallest absolute Gasteiger partial charge is 0.0398 e. The topological polar surface area (TPSA) is 0 Å². The van der Waals surface area contributed by atoms with Crippen molar-refractivity contribution in [2.75, 3.05) is 0 Å². The Morgan fingerprint density at radius 3 is 0.567 bits per heavy atom. The second-order valence-corrected chi connectivity index (χ2v) is 4.72. The molecular formula is C30H62. The monoisotopic (exact) mass is 422 g/mol. The van der Waals surface area contributed by atoms with Crippen LogP contribution < -0.4 is 0 Å². The number of rotatable bonds is 0. The largest absolute Gasteiger partial charge is 0.0683 e. The highest BCUT2D eigenvalue weighted by Crippen LogP contribution is 1.92. The summed E-state index contributed by atoms with van der Waals surface area (Å²) in [6, 6.07) is 20.5. The predicted molar refractivity (Wildman–Crippen MR) is 151 cm³/mol. The van der Waals surface area contributed by atoms with Crippen molar-refractivity contribution in [1.29, 1.82) is 0 Å². The molecule has 0 saturated carbocycles. The predicted octanol–water partition coefficient (Wildman–Crippen LogP) is 12.0. The third-order valence-corrected chi connectivity index (χ3v) is 1.88. The fourth-order valence-electron chi connectivity index (χ4n) is 1.07. The normalized spacial score (nSPS) is 6.27. The standard InChI is InChI=1S/2C7H8.2C3H8.5C2H6/c2*1-7-5-3-2-4-6-7;2*1-3-2;5*1-2/h2*2-6H,1H3;2*3H2,1-2H3;5*1-2H3. The van der Waals surface area contributed by atoms with Crippen molar-refractivity contribution in [3.8, 4) is 0 Å². The molecule has 0 nitrogen and oxygen atoms in total. The van der Waals surface area contributed by atoms with Gasteiger partial charge in [0.1, 0.15) is 0 Å². The van der Waals surface area contributed by atoms with Gasteiger partial charge in [-0.05, 0) is 13.8 Å². The summed E-state index contributed by atoms with van der Waals surface area (Å²) in [5.74, 6) is 0. The third-order valence-electron chi connectivity index (χ3n) is 1.88. The first kappa shape index (κ1) is 46.6. The maximum atomic E-state index is 2.12. The van der Waals surface area contributed by atoms with Crippen LogP contribution >= 0.6 is 0 Å². The van der Waals surface area contributed by atoms with Crippen molar-refractivity contribution in [2.24, 2.45) is 0 Å². The summed E-state index contributed by atoms with van der Waals surface area (Å²) in [5, 5.41) is 0. The highest BCUT2D eigenvalue weighted by Gasteiger charge is 1.72. The SMILES string of the molecule is CC.CC.CC.CC.CC.CCC.CCC.Cc1ccccc1.Cc1ccccc1. The van der Waals surface area contributed by atoms with Gasteiger partial charge in [0.05, 0.1) is 0 Å². The minimum atomic E-state index is 1.25. The van der Waals surface area contributed by atoms with E-state index in [0.717, 1.165) is 0 Å². The van der Waals surface area contributed by atoms with Crippen LogP contribution in [0.5, 0.6) is 0 Å². The van der Waals surface area contributed by atoms with E-state index in [1.807, 2.05) is 106 Å². The highest BCUT2D eigenvalue weighted by molar-refractivity contribution is 5.12. The third kappa shape index (κ3) is 82.1. The minimum Gasteiger partial charge on any atom is -0.0683 e. The van der Waals surface area contributed by atoms with Crippen LogP contribution in [0.4, 0.5) is 0 Å². The maximum absolute atomic E-state index is 2.12. The molecule has 0 radical (unpaired) electrons. The molecule has 0 saturated heterocycles. The van der Waals surface area contributed by atoms with E-state index in [-0.39, 0.29) is 0 Å². The van der Waals surface area contributed by atoms with Crippen molar-refractivity contribution >= 4 is 0 Å². The van der Waals surface area contributed by atoms with E-state index in [4.69, 9.17) is 0 Å². The van der Waals surface area contributed by atoms with Crippen molar-refractivity contribution < 1.29 is 0 Å². The Kier molecular flexibility index (Phi) is 110. The Morgan fingerprint density at radius 2 is 0.500 bits per heavy atom. The second kappa shape index (κ2) is 71.0. The Hall–Kier alpha value is -1.56. The van der Waals surface area contributed by atoms with E-state index < -0.39 is 0 Å². The van der Waals surface area contributed by atoms with Crippen molar-refractivity contribution in [2.45, 2.75) is 124 Å². The molecule has 0 spiro atoms. The van der Waals surface area contributed by atoms with Crippen LogP contribution in [0.25, 0.3) is 0 Å². The summed E-state index contributed by atoms with van der Waals surface area (Å²) in [6.45, 7) is 32.7. The van der Waals surface area contributed by atoms with Crippen molar-refractivity contribution in [1.82, 2.24) is 0 Å². The number of benzene rings is 2. The van der Waals surface area contributed by atoms with Gasteiger partial charge >= 0.3 is 0 Å². The lowest BCUT2D eigenvalue weighted by Crippen LogP contribution is -1.62. The van der Waals surface area contributed by atoms with Gasteiger partial charge in [0.25, 0.3) is 0 Å². The first-order valence-electron chi connectivity index (χ1n) is 12.6. The van der Waals surface area contributed by atoms with Gasteiger partial charge in [0.2, 0.25) is 0 Å². The summed E-state index contributed by atoms with van der Waals surface area (Å²) in [5.41, 5.74) is 2.64. The zero-order chi connectivity index (χ0) is 25.6. The summed E-state index contributed by atoms with van der Waals surface area (Å²) < 4.78 is 0. The molecule has 0 bridgehead atoms. The van der Waals surface area contributed by atoms with Gasteiger partial charge in [0.15, 0.2) is 0 Å². The fraction of sp³-hybridized carbons (Fsp3) is 0.600. The van der Waals surface area contributed by atoms with Gasteiger partial charge in [-0.2, -0.15) is 0 Å². The van der Waals surface area contributed by atoms with Crippen LogP contribution in [-0.4, -0.2) is 0 Å². The Morgan fingerprint density at radius 1 is 0.367 bits per heavy atom. The lowest BCUT2D eigenvalue weighted by Gasteiger charge is -1.82. The van der Waals surface area contributed by atoms with Crippen LogP contribution in [0.3, 0.4) is 0 Å². The van der Waals surface area contributed by atoms with Crippen LogP contribution in [0.2, 0.25) is 0 Å². The van der Waals surface area contributed by atoms with E-state index in [9.17, 15) is 0 Å². The molecule has 2 aromatic carbocycles. The molecule has 2 aromatic rings. The molecular weight excluding hydrogens is 360 g/mol. The summed E-state index contributed by atoms with van der Waals surface area (Å²) in [4.78, 5) is 0. The molecule has 0 atom stereocenters. The molecule has 182 valence electrons. The molecule has 0 aliphatic carbocycles. The maximum Gasteiger partial charge on any atom is -0.0398 e. The number of hydrogen-bond donors (Lipinski definition) is 0. The van der Waals surface area contributed by atoms with Crippen LogP contribution in [0.1, 0.15) is 121 Å². The zero-order valence-corrected chi connectivity index (χ0v) is 24.2. The van der Waals surface area contributed by atoms with E-state index in [2.05, 4.69) is 65.8 Å². The van der Waals surface area contributed by atoms with Crippen LogP contribution in [0, 0.1) is 13.8 Å². The quantitative estimate of drug-likeness (QED) is 0.396. The van der Waals surface area contributed by atoms with E-state index in [1.54, 1.807) is 0 Å². The Balaban J connectivity index is -0.0000000430. The zero-order valence-electron chi connectivity index (χ0n) is 24.2. The molecule has 2 rings (SSSR count). The molecule has 0 heteroatoms. The molecule has 0 amide bonds. The van der Waals surface area contributed by atoms with Gasteiger partial charge in [-0.3, -0.25) is 0 Å². The van der Waals surface area contributed by atoms with E-state index in [0.29, 0.717) is 0 Å². The van der Waals surface area contributed by atoms with Gasteiger partial charge in [-0.1, -0.05) is 182 Å². The van der Waals surface area contributed by atoms with Gasteiger partial charge in [-0.15, -0.1) is 0 Å². The van der Waals surface area contributed by atoms with Crippen molar-refractivity contribution in [3.05, 3.63) is 71.8 Å². The average molecular weight is 423 g/mol. The van der Waals surface area contributed by atoms with Crippen LogP contribution in [0.15, 0.2) is 60.7 Å². The average Bonchev–Trinajstić information content (AvgIpc) is 2.83. The molecule has 30 heavy (non-hydrogen) atoms. The van der Waals surface area contributed by atoms with Gasteiger partial charge in [0, 0.05) is 0 Å². The second-order valence-electron chi connectivity index (χ2n) is 4.72. The first-order valence-corrected chi connectivity index (χ1v) is 12.6. The van der Waals surface area contributed by atoms with Gasteiger partial charge < -0.3 is 0 Å². The molecule has 0 unspecified atom stereocenters. The minimum absolute atomic E-state index is 1.25. The molecule has 0 aromatic heterocycles. The van der Waals surface area contributed by atoms with E-state index >= 15 is 0 Å². The summed E-state index contributed by atoms with van der Waals surface area (Å²) >= 11 is 0. The van der Waals surface area contributed by atoms with Crippen LogP contribution in [-0.2, 0) is 0 Å². The summed E-state index contributed by atoms with van der Waals surface area (Å²) in [7, 11) is 0. The molecule has 0 N–H and O–H groups in total. The Labute approximate surface area is 195 Å².